The number of urea groups is 1. The molecular weight excluding hydrogens is 272 g/mol. The number of carbonyl (C=O) groups excluding carboxylic acids is 3. The summed E-state index contributed by atoms with van der Waals surface area (Å²) < 4.78 is 4.69. The van der Waals surface area contributed by atoms with E-state index >= 15 is 0 Å². The Morgan fingerprint density at radius 3 is 2.48 bits per heavy atom. The molecule has 1 heterocycles. The van der Waals surface area contributed by atoms with Crippen molar-refractivity contribution in [1.29, 1.82) is 0 Å². The molecule has 0 bridgehead atoms. The molecule has 1 saturated heterocycles. The molecule has 1 aromatic carbocycles. The lowest BCUT2D eigenvalue weighted by Crippen LogP contribution is -2.33. The Labute approximate surface area is 123 Å². The van der Waals surface area contributed by atoms with Crippen molar-refractivity contribution >= 4 is 23.5 Å². The van der Waals surface area contributed by atoms with Gasteiger partial charge in [-0.05, 0) is 37.6 Å². The van der Waals surface area contributed by atoms with Crippen LogP contribution in [0.3, 0.4) is 0 Å². The zero-order valence-electron chi connectivity index (χ0n) is 12.1. The highest BCUT2D eigenvalue weighted by molar-refractivity contribution is 5.95. The number of esters is 1. The van der Waals surface area contributed by atoms with Crippen molar-refractivity contribution in [3.8, 4) is 0 Å². The fourth-order valence-corrected chi connectivity index (χ4v) is 2.29. The second-order valence-corrected chi connectivity index (χ2v) is 5.02. The first-order valence-electron chi connectivity index (χ1n) is 6.76. The van der Waals surface area contributed by atoms with Crippen LogP contribution in [0.5, 0.6) is 0 Å². The van der Waals surface area contributed by atoms with Crippen molar-refractivity contribution in [3.63, 3.8) is 0 Å². The first-order chi connectivity index (χ1) is 10.0. The summed E-state index contributed by atoms with van der Waals surface area (Å²) in [6.07, 6.45) is 0.614. The summed E-state index contributed by atoms with van der Waals surface area (Å²) in [4.78, 5) is 36.3. The van der Waals surface area contributed by atoms with Gasteiger partial charge in [-0.25, -0.2) is 4.79 Å². The van der Waals surface area contributed by atoms with Crippen LogP contribution in [0.1, 0.15) is 23.7 Å². The summed E-state index contributed by atoms with van der Waals surface area (Å²) >= 11 is 0. The van der Waals surface area contributed by atoms with E-state index in [0.717, 1.165) is 0 Å². The maximum atomic E-state index is 12.1. The molecule has 6 heteroatoms. The molecule has 112 valence electrons. The van der Waals surface area contributed by atoms with Gasteiger partial charge in [-0.3, -0.25) is 9.59 Å². The monoisotopic (exact) mass is 290 g/mol. The number of Topliss-reactive ketones (excluding diaryl/α,β-unsaturated/α-hetero) is 1. The highest BCUT2D eigenvalue weighted by atomic mass is 16.5. The third kappa shape index (κ3) is 3.59. The van der Waals surface area contributed by atoms with Gasteiger partial charge in [0.1, 0.15) is 0 Å². The molecule has 1 fully saturated rings. The maximum Gasteiger partial charge on any atom is 0.321 e. The van der Waals surface area contributed by atoms with Crippen LogP contribution in [0.25, 0.3) is 0 Å². The average Bonchev–Trinajstić information content (AvgIpc) is 2.97. The quantitative estimate of drug-likeness (QED) is 0.681. The first-order valence-corrected chi connectivity index (χ1v) is 6.76. The van der Waals surface area contributed by atoms with Crippen LogP contribution in [0.4, 0.5) is 10.5 Å². The van der Waals surface area contributed by atoms with Crippen LogP contribution in [0.15, 0.2) is 24.3 Å². The number of benzene rings is 1. The van der Waals surface area contributed by atoms with Crippen molar-refractivity contribution < 1.29 is 19.1 Å². The molecule has 1 unspecified atom stereocenters. The van der Waals surface area contributed by atoms with E-state index in [-0.39, 0.29) is 23.7 Å². The molecule has 21 heavy (non-hydrogen) atoms. The lowest BCUT2D eigenvalue weighted by atomic mass is 10.1. The van der Waals surface area contributed by atoms with E-state index in [9.17, 15) is 14.4 Å². The standard InChI is InChI=1S/C15H18N2O4/c1-10(18)11-3-5-13(6-4-11)16-15(20)17-8-7-12(9-17)14(19)21-2/h3-6,12H,7-9H2,1-2H3,(H,16,20). The lowest BCUT2D eigenvalue weighted by molar-refractivity contribution is -0.144. The molecule has 1 atom stereocenters. The predicted molar refractivity (Wildman–Crippen MR) is 77.2 cm³/mol. The third-order valence-electron chi connectivity index (χ3n) is 3.55. The average molecular weight is 290 g/mol. The number of ketones is 1. The van der Waals surface area contributed by atoms with Crippen LogP contribution in [0.2, 0.25) is 0 Å². The zero-order chi connectivity index (χ0) is 15.4. The van der Waals surface area contributed by atoms with Crippen LogP contribution in [0, 0.1) is 5.92 Å². The van der Waals surface area contributed by atoms with Crippen LogP contribution in [-0.4, -0.2) is 42.9 Å². The number of hydrogen-bond acceptors (Lipinski definition) is 4. The molecule has 0 radical (unpaired) electrons. The molecule has 6 nitrogen and oxygen atoms in total. The van der Waals surface area contributed by atoms with Crippen molar-refractivity contribution in [2.45, 2.75) is 13.3 Å². The minimum Gasteiger partial charge on any atom is -0.469 e. The summed E-state index contributed by atoms with van der Waals surface area (Å²) in [5.74, 6) is -0.551. The number of likely N-dealkylation sites (tertiary alicyclic amines) is 1. The fraction of sp³-hybridized carbons (Fsp3) is 0.400. The Hall–Kier alpha value is -2.37. The van der Waals surface area contributed by atoms with E-state index in [1.807, 2.05) is 0 Å². The Kier molecular flexibility index (Phi) is 4.57. The molecular formula is C15H18N2O4. The van der Waals surface area contributed by atoms with Crippen molar-refractivity contribution in [2.75, 3.05) is 25.5 Å². The largest absolute Gasteiger partial charge is 0.469 e. The molecule has 1 aliphatic rings. The summed E-state index contributed by atoms with van der Waals surface area (Å²) in [6.45, 7) is 2.38. The minimum atomic E-state index is -0.281. The van der Waals surface area contributed by atoms with Gasteiger partial charge in [-0.1, -0.05) is 0 Å². The number of methoxy groups -OCH3 is 1. The molecule has 2 amide bonds. The van der Waals surface area contributed by atoms with Gasteiger partial charge in [0.15, 0.2) is 5.78 Å². The maximum absolute atomic E-state index is 12.1. The number of amides is 2. The fourth-order valence-electron chi connectivity index (χ4n) is 2.29. The molecule has 0 saturated carbocycles. The third-order valence-corrected chi connectivity index (χ3v) is 3.55. The number of ether oxygens (including phenoxy) is 1. The number of carbonyl (C=O) groups is 3. The molecule has 0 spiro atoms. The summed E-state index contributed by atoms with van der Waals surface area (Å²) in [7, 11) is 1.35. The minimum absolute atomic E-state index is 0.0201. The zero-order valence-corrected chi connectivity index (χ0v) is 12.1. The Morgan fingerprint density at radius 2 is 1.90 bits per heavy atom. The van der Waals surface area contributed by atoms with Gasteiger partial charge in [-0.15, -0.1) is 0 Å². The normalized spacial score (nSPS) is 17.4. The Morgan fingerprint density at radius 1 is 1.24 bits per heavy atom. The van der Waals surface area contributed by atoms with Crippen molar-refractivity contribution in [3.05, 3.63) is 29.8 Å². The van der Waals surface area contributed by atoms with Gasteiger partial charge in [0, 0.05) is 24.3 Å². The highest BCUT2D eigenvalue weighted by Gasteiger charge is 2.31. The molecule has 1 aromatic rings. The molecule has 0 aliphatic carbocycles. The smallest absolute Gasteiger partial charge is 0.321 e. The van der Waals surface area contributed by atoms with E-state index in [2.05, 4.69) is 10.1 Å². The van der Waals surface area contributed by atoms with Crippen molar-refractivity contribution in [2.24, 2.45) is 5.92 Å². The van der Waals surface area contributed by atoms with Crippen LogP contribution < -0.4 is 5.32 Å². The van der Waals surface area contributed by atoms with Crippen LogP contribution in [-0.2, 0) is 9.53 Å². The second-order valence-electron chi connectivity index (χ2n) is 5.02. The molecule has 2 rings (SSSR count). The van der Waals surface area contributed by atoms with Gasteiger partial charge in [0.25, 0.3) is 0 Å². The molecule has 0 aromatic heterocycles. The lowest BCUT2D eigenvalue weighted by Gasteiger charge is -2.17. The summed E-state index contributed by atoms with van der Waals surface area (Å²) in [5.41, 5.74) is 1.21. The number of rotatable bonds is 3. The number of nitrogens with zero attached hydrogens (tertiary/aromatic N) is 1. The Bertz CT molecular complexity index is 553. The molecule has 1 N–H and O–H groups in total. The van der Waals surface area contributed by atoms with E-state index in [1.165, 1.54) is 14.0 Å². The second kappa shape index (κ2) is 6.39. The van der Waals surface area contributed by atoms with Gasteiger partial charge < -0.3 is 15.0 Å². The van der Waals surface area contributed by atoms with Gasteiger partial charge in [0.2, 0.25) is 0 Å². The highest BCUT2D eigenvalue weighted by Crippen LogP contribution is 2.19. The number of nitrogens with one attached hydrogen (secondary N) is 1. The van der Waals surface area contributed by atoms with Gasteiger partial charge in [0.05, 0.1) is 13.0 Å². The number of anilines is 1. The van der Waals surface area contributed by atoms with Gasteiger partial charge >= 0.3 is 12.0 Å². The Balaban J connectivity index is 1.93. The van der Waals surface area contributed by atoms with E-state index < -0.39 is 0 Å². The van der Waals surface area contributed by atoms with E-state index in [4.69, 9.17) is 0 Å². The summed E-state index contributed by atoms with van der Waals surface area (Å²) in [6, 6.07) is 6.44. The SMILES string of the molecule is COC(=O)C1CCN(C(=O)Nc2ccc(C(C)=O)cc2)C1. The van der Waals surface area contributed by atoms with E-state index in [0.29, 0.717) is 30.8 Å². The predicted octanol–water partition coefficient (Wildman–Crippen LogP) is 1.92. The first kappa shape index (κ1) is 15.0. The van der Waals surface area contributed by atoms with E-state index in [1.54, 1.807) is 29.2 Å². The number of hydrogen-bond donors (Lipinski definition) is 1. The van der Waals surface area contributed by atoms with Gasteiger partial charge in [-0.2, -0.15) is 0 Å². The topological polar surface area (TPSA) is 75.7 Å². The van der Waals surface area contributed by atoms with Crippen molar-refractivity contribution in [1.82, 2.24) is 4.90 Å². The van der Waals surface area contributed by atoms with Crippen LogP contribution >= 0.6 is 0 Å². The summed E-state index contributed by atoms with van der Waals surface area (Å²) in [5, 5.41) is 2.75. The molecule has 1 aliphatic heterocycles.